The Labute approximate surface area is 122 Å². The molecule has 0 N–H and O–H groups in total. The number of carbonyl (C=O) groups is 2. The van der Waals surface area contributed by atoms with E-state index in [1.54, 1.807) is 18.1 Å². The van der Waals surface area contributed by atoms with E-state index in [-0.39, 0.29) is 23.5 Å². The molecule has 1 aromatic rings. The maximum Gasteiger partial charge on any atom is 0.240 e. The maximum atomic E-state index is 12.3. The summed E-state index contributed by atoms with van der Waals surface area (Å²) in [5, 5.41) is 0.476. The molecule has 0 aliphatic carbocycles. The number of carbonyl (C=O) groups excluding carboxylic acids is 2. The summed E-state index contributed by atoms with van der Waals surface area (Å²) in [6, 6.07) is 3.70. The SMILES string of the molecule is CN1C(=O)[C@H](CC(=O)N2CCCC2)Sc2ncccc21. The number of aromatic nitrogens is 1. The summed E-state index contributed by atoms with van der Waals surface area (Å²) in [6.45, 7) is 1.66. The van der Waals surface area contributed by atoms with Crippen LogP contribution in [-0.4, -0.2) is 47.1 Å². The van der Waals surface area contributed by atoms with Gasteiger partial charge in [0, 0.05) is 32.8 Å². The third kappa shape index (κ3) is 2.40. The normalized spacial score (nSPS) is 22.1. The molecule has 6 heteroatoms. The first-order valence-corrected chi connectivity index (χ1v) is 7.72. The summed E-state index contributed by atoms with van der Waals surface area (Å²) in [4.78, 5) is 32.3. The Morgan fingerprint density at radius 3 is 2.95 bits per heavy atom. The lowest BCUT2D eigenvalue weighted by Crippen LogP contribution is -2.41. The Balaban J connectivity index is 1.75. The van der Waals surface area contributed by atoms with Crippen LogP contribution in [0, 0.1) is 0 Å². The van der Waals surface area contributed by atoms with Crippen LogP contribution in [0.4, 0.5) is 5.69 Å². The summed E-state index contributed by atoms with van der Waals surface area (Å²) in [7, 11) is 1.75. The molecule has 0 unspecified atom stereocenters. The number of hydrogen-bond donors (Lipinski definition) is 0. The molecule has 0 saturated carbocycles. The molecule has 0 radical (unpaired) electrons. The van der Waals surface area contributed by atoms with E-state index in [0.717, 1.165) is 36.6 Å². The summed E-state index contributed by atoms with van der Waals surface area (Å²) in [6.07, 6.45) is 4.13. The van der Waals surface area contributed by atoms with Crippen molar-refractivity contribution in [1.29, 1.82) is 0 Å². The molecule has 0 aromatic carbocycles. The van der Waals surface area contributed by atoms with E-state index < -0.39 is 0 Å². The number of hydrogen-bond acceptors (Lipinski definition) is 4. The fraction of sp³-hybridized carbons (Fsp3) is 0.500. The Kier molecular flexibility index (Phi) is 3.65. The zero-order chi connectivity index (χ0) is 14.1. The largest absolute Gasteiger partial charge is 0.343 e. The molecule has 2 aliphatic rings. The van der Waals surface area contributed by atoms with Gasteiger partial charge in [-0.15, -0.1) is 0 Å². The minimum atomic E-state index is -0.351. The second kappa shape index (κ2) is 5.44. The number of fused-ring (bicyclic) bond motifs is 1. The van der Waals surface area contributed by atoms with Gasteiger partial charge in [-0.25, -0.2) is 4.98 Å². The van der Waals surface area contributed by atoms with Crippen LogP contribution in [0.5, 0.6) is 0 Å². The second-order valence-corrected chi connectivity index (χ2v) is 6.31. The van der Waals surface area contributed by atoms with Gasteiger partial charge in [-0.3, -0.25) is 9.59 Å². The smallest absolute Gasteiger partial charge is 0.240 e. The van der Waals surface area contributed by atoms with Gasteiger partial charge < -0.3 is 9.80 Å². The molecule has 1 aromatic heterocycles. The van der Waals surface area contributed by atoms with Crippen molar-refractivity contribution in [3.63, 3.8) is 0 Å². The fourth-order valence-electron chi connectivity index (χ4n) is 2.63. The van der Waals surface area contributed by atoms with E-state index in [1.807, 2.05) is 17.0 Å². The summed E-state index contributed by atoms with van der Waals surface area (Å²) < 4.78 is 0. The van der Waals surface area contributed by atoms with Gasteiger partial charge in [0.1, 0.15) is 5.03 Å². The Hall–Kier alpha value is -1.56. The summed E-state index contributed by atoms with van der Waals surface area (Å²) in [5.41, 5.74) is 0.826. The van der Waals surface area contributed by atoms with Crippen molar-refractivity contribution in [2.24, 2.45) is 0 Å². The van der Waals surface area contributed by atoms with Crippen molar-refractivity contribution >= 4 is 29.3 Å². The van der Waals surface area contributed by atoms with Crippen LogP contribution in [0.1, 0.15) is 19.3 Å². The highest BCUT2D eigenvalue weighted by molar-refractivity contribution is 8.00. The Bertz CT molecular complexity index is 543. The molecule has 20 heavy (non-hydrogen) atoms. The minimum absolute atomic E-state index is 0.0111. The van der Waals surface area contributed by atoms with E-state index in [0.29, 0.717) is 0 Å². The standard InChI is InChI=1S/C14H17N3O2S/c1-16-10-5-4-6-15-13(10)20-11(14(16)19)9-12(18)17-7-2-3-8-17/h4-6,11H,2-3,7-9H2,1H3/t11-/m0/s1. The van der Waals surface area contributed by atoms with Crippen molar-refractivity contribution in [3.05, 3.63) is 18.3 Å². The lowest BCUT2D eigenvalue weighted by Gasteiger charge is -2.30. The van der Waals surface area contributed by atoms with Crippen LogP contribution >= 0.6 is 11.8 Å². The highest BCUT2D eigenvalue weighted by Crippen LogP contribution is 2.38. The van der Waals surface area contributed by atoms with Gasteiger partial charge in [0.05, 0.1) is 10.9 Å². The van der Waals surface area contributed by atoms with E-state index >= 15 is 0 Å². The van der Waals surface area contributed by atoms with Crippen molar-refractivity contribution in [2.75, 3.05) is 25.0 Å². The van der Waals surface area contributed by atoms with Gasteiger partial charge in [-0.1, -0.05) is 11.8 Å². The van der Waals surface area contributed by atoms with Gasteiger partial charge in [-0.2, -0.15) is 0 Å². The number of anilines is 1. The molecule has 0 spiro atoms. The number of rotatable bonds is 2. The van der Waals surface area contributed by atoms with Gasteiger partial charge in [0.15, 0.2) is 0 Å². The van der Waals surface area contributed by atoms with E-state index in [4.69, 9.17) is 0 Å². The lowest BCUT2D eigenvalue weighted by atomic mass is 10.2. The van der Waals surface area contributed by atoms with Gasteiger partial charge in [-0.05, 0) is 25.0 Å². The molecule has 1 atom stereocenters. The summed E-state index contributed by atoms with van der Waals surface area (Å²) in [5.74, 6) is 0.0733. The van der Waals surface area contributed by atoms with E-state index in [1.165, 1.54) is 11.8 Å². The van der Waals surface area contributed by atoms with Gasteiger partial charge in [0.25, 0.3) is 0 Å². The van der Waals surface area contributed by atoms with Crippen molar-refractivity contribution in [3.8, 4) is 0 Å². The third-order valence-electron chi connectivity index (χ3n) is 3.79. The first-order chi connectivity index (χ1) is 9.66. The predicted octanol–water partition coefficient (Wildman–Crippen LogP) is 1.53. The monoisotopic (exact) mass is 291 g/mol. The molecule has 0 bridgehead atoms. The quantitative estimate of drug-likeness (QED) is 0.829. The number of pyridine rings is 1. The van der Waals surface area contributed by atoms with Crippen LogP contribution < -0.4 is 4.90 Å². The average molecular weight is 291 g/mol. The number of thioether (sulfide) groups is 1. The molecule has 1 fully saturated rings. The minimum Gasteiger partial charge on any atom is -0.343 e. The van der Waals surface area contributed by atoms with Crippen LogP contribution in [0.2, 0.25) is 0 Å². The Morgan fingerprint density at radius 1 is 1.45 bits per heavy atom. The number of amides is 2. The highest BCUT2D eigenvalue weighted by Gasteiger charge is 2.34. The number of likely N-dealkylation sites (tertiary alicyclic amines) is 1. The first-order valence-electron chi connectivity index (χ1n) is 6.84. The fourth-order valence-corrected chi connectivity index (χ4v) is 3.83. The van der Waals surface area contributed by atoms with Crippen LogP contribution in [0.3, 0.4) is 0 Å². The molecule has 1 saturated heterocycles. The molecular weight excluding hydrogens is 274 g/mol. The molecule has 3 heterocycles. The topological polar surface area (TPSA) is 53.5 Å². The Morgan fingerprint density at radius 2 is 2.20 bits per heavy atom. The molecule has 106 valence electrons. The third-order valence-corrected chi connectivity index (χ3v) is 4.98. The molecule has 2 aliphatic heterocycles. The predicted molar refractivity (Wildman–Crippen MR) is 77.7 cm³/mol. The van der Waals surface area contributed by atoms with Crippen molar-refractivity contribution < 1.29 is 9.59 Å². The van der Waals surface area contributed by atoms with Crippen LogP contribution in [-0.2, 0) is 9.59 Å². The van der Waals surface area contributed by atoms with E-state index in [2.05, 4.69) is 4.98 Å². The zero-order valence-corrected chi connectivity index (χ0v) is 12.2. The van der Waals surface area contributed by atoms with Crippen LogP contribution in [0.15, 0.2) is 23.4 Å². The second-order valence-electron chi connectivity index (χ2n) is 5.12. The van der Waals surface area contributed by atoms with Crippen LogP contribution in [0.25, 0.3) is 0 Å². The van der Waals surface area contributed by atoms with Gasteiger partial charge in [0.2, 0.25) is 11.8 Å². The first kappa shape index (κ1) is 13.4. The summed E-state index contributed by atoms with van der Waals surface area (Å²) >= 11 is 1.41. The average Bonchev–Trinajstić information content (AvgIpc) is 2.99. The molecule has 2 amide bonds. The van der Waals surface area contributed by atoms with Crippen molar-refractivity contribution in [1.82, 2.24) is 9.88 Å². The van der Waals surface area contributed by atoms with Gasteiger partial charge >= 0.3 is 0 Å². The highest BCUT2D eigenvalue weighted by atomic mass is 32.2. The molecule has 3 rings (SSSR count). The maximum absolute atomic E-state index is 12.3. The van der Waals surface area contributed by atoms with Crippen molar-refractivity contribution in [2.45, 2.75) is 29.5 Å². The zero-order valence-electron chi connectivity index (χ0n) is 11.4. The molecule has 5 nitrogen and oxygen atoms in total. The lowest BCUT2D eigenvalue weighted by molar-refractivity contribution is -0.131. The van der Waals surface area contributed by atoms with E-state index in [9.17, 15) is 9.59 Å². The number of nitrogens with zero attached hydrogens (tertiary/aromatic N) is 3. The molecular formula is C14H17N3O2S.